The monoisotopic (exact) mass is 374 g/mol. The largest absolute Gasteiger partial charge is 0.366 e. The molecule has 3 aromatic rings. The number of aromatic nitrogens is 2. The van der Waals surface area contributed by atoms with Gasteiger partial charge in [-0.1, -0.05) is 60.2 Å². The number of amides is 1. The summed E-state index contributed by atoms with van der Waals surface area (Å²) in [5, 5.41) is 6.29. The van der Waals surface area contributed by atoms with Gasteiger partial charge in [-0.05, 0) is 33.3 Å². The first-order valence-corrected chi connectivity index (χ1v) is 9.37. The van der Waals surface area contributed by atoms with Crippen LogP contribution in [-0.4, -0.2) is 21.4 Å². The lowest BCUT2D eigenvalue weighted by molar-refractivity contribution is 0.0914. The van der Waals surface area contributed by atoms with Gasteiger partial charge in [0.15, 0.2) is 5.82 Å². The molecule has 0 saturated carbocycles. The van der Waals surface area contributed by atoms with Gasteiger partial charge in [-0.2, -0.15) is 0 Å². The minimum absolute atomic E-state index is 0.217. The van der Waals surface area contributed by atoms with Crippen molar-refractivity contribution in [3.8, 4) is 11.4 Å². The standard InChI is InChI=1S/C23H26N4O/c1-16-9-8-10-17(13-16)15-24-20-14-19(22(28)27-23(2,3)4)25-21(26-20)18-11-6-5-7-12-18/h5-14H,15H2,1-4H3,(H,27,28)(H,24,25,26). The number of rotatable bonds is 5. The van der Waals surface area contributed by atoms with Crippen molar-refractivity contribution in [3.05, 3.63) is 77.5 Å². The lowest BCUT2D eigenvalue weighted by Crippen LogP contribution is -2.41. The van der Waals surface area contributed by atoms with Gasteiger partial charge in [0.2, 0.25) is 0 Å². The summed E-state index contributed by atoms with van der Waals surface area (Å²) in [6.45, 7) is 8.52. The van der Waals surface area contributed by atoms with E-state index in [4.69, 9.17) is 0 Å². The zero-order chi connectivity index (χ0) is 20.1. The summed E-state index contributed by atoms with van der Waals surface area (Å²) in [6, 6.07) is 19.7. The van der Waals surface area contributed by atoms with Gasteiger partial charge in [0.05, 0.1) is 0 Å². The Hall–Kier alpha value is -3.21. The second kappa shape index (κ2) is 8.21. The number of aryl methyl sites for hydroxylation is 1. The van der Waals surface area contributed by atoms with Crippen molar-refractivity contribution in [2.75, 3.05) is 5.32 Å². The summed E-state index contributed by atoms with van der Waals surface area (Å²) < 4.78 is 0. The topological polar surface area (TPSA) is 66.9 Å². The Kier molecular flexibility index (Phi) is 5.73. The van der Waals surface area contributed by atoms with Crippen LogP contribution in [0.4, 0.5) is 5.82 Å². The quantitative estimate of drug-likeness (QED) is 0.685. The molecule has 28 heavy (non-hydrogen) atoms. The van der Waals surface area contributed by atoms with Gasteiger partial charge < -0.3 is 10.6 Å². The molecule has 1 heterocycles. The number of hydrogen-bond acceptors (Lipinski definition) is 4. The highest BCUT2D eigenvalue weighted by atomic mass is 16.2. The zero-order valence-electron chi connectivity index (χ0n) is 16.8. The molecule has 0 spiro atoms. The van der Waals surface area contributed by atoms with E-state index in [2.05, 4.69) is 45.7 Å². The summed E-state index contributed by atoms with van der Waals surface area (Å²) in [4.78, 5) is 21.8. The first-order valence-electron chi connectivity index (χ1n) is 9.37. The lowest BCUT2D eigenvalue weighted by atomic mass is 10.1. The third-order valence-electron chi connectivity index (χ3n) is 4.04. The first kappa shape index (κ1) is 19.5. The van der Waals surface area contributed by atoms with Gasteiger partial charge in [0.25, 0.3) is 5.91 Å². The van der Waals surface area contributed by atoms with Crippen LogP contribution in [-0.2, 0) is 6.54 Å². The highest BCUT2D eigenvalue weighted by Gasteiger charge is 2.18. The number of carbonyl (C=O) groups excluding carboxylic acids is 1. The van der Waals surface area contributed by atoms with Crippen LogP contribution < -0.4 is 10.6 Å². The third kappa shape index (κ3) is 5.39. The van der Waals surface area contributed by atoms with Crippen molar-refractivity contribution in [1.82, 2.24) is 15.3 Å². The number of anilines is 1. The van der Waals surface area contributed by atoms with E-state index < -0.39 is 0 Å². The van der Waals surface area contributed by atoms with E-state index in [1.165, 1.54) is 5.56 Å². The Balaban J connectivity index is 1.91. The molecule has 0 fully saturated rings. The number of benzene rings is 2. The zero-order valence-corrected chi connectivity index (χ0v) is 16.8. The first-order chi connectivity index (χ1) is 13.3. The van der Waals surface area contributed by atoms with Crippen LogP contribution in [0.25, 0.3) is 11.4 Å². The molecule has 3 rings (SSSR count). The molecule has 0 atom stereocenters. The molecule has 0 radical (unpaired) electrons. The number of nitrogens with one attached hydrogen (secondary N) is 2. The molecule has 0 unspecified atom stereocenters. The average Bonchev–Trinajstić information content (AvgIpc) is 2.65. The number of nitrogens with zero attached hydrogens (tertiary/aromatic N) is 2. The predicted octanol–water partition coefficient (Wildman–Crippen LogP) is 4.59. The highest BCUT2D eigenvalue weighted by Crippen LogP contribution is 2.19. The predicted molar refractivity (Wildman–Crippen MR) is 113 cm³/mol. The molecule has 144 valence electrons. The van der Waals surface area contributed by atoms with E-state index >= 15 is 0 Å². The average molecular weight is 374 g/mol. The second-order valence-corrected chi connectivity index (χ2v) is 7.87. The van der Waals surface area contributed by atoms with Crippen molar-refractivity contribution in [1.29, 1.82) is 0 Å². The van der Waals surface area contributed by atoms with Crippen LogP contribution in [0.2, 0.25) is 0 Å². The molecule has 2 N–H and O–H groups in total. The Labute approximate surface area is 166 Å². The molecular formula is C23H26N4O. The Morgan fingerprint density at radius 3 is 2.39 bits per heavy atom. The summed E-state index contributed by atoms with van der Waals surface area (Å²) in [7, 11) is 0. The molecule has 5 nitrogen and oxygen atoms in total. The van der Waals surface area contributed by atoms with Gasteiger partial charge in [-0.25, -0.2) is 9.97 Å². The molecule has 2 aromatic carbocycles. The summed E-state index contributed by atoms with van der Waals surface area (Å²) in [6.07, 6.45) is 0. The minimum atomic E-state index is -0.343. The van der Waals surface area contributed by atoms with Crippen LogP contribution in [0.15, 0.2) is 60.7 Å². The fraction of sp³-hybridized carbons (Fsp3) is 0.261. The third-order valence-corrected chi connectivity index (χ3v) is 4.04. The van der Waals surface area contributed by atoms with Crippen LogP contribution >= 0.6 is 0 Å². The normalized spacial score (nSPS) is 11.1. The molecule has 1 amide bonds. The van der Waals surface area contributed by atoms with E-state index in [-0.39, 0.29) is 11.4 Å². The molecule has 1 aromatic heterocycles. The second-order valence-electron chi connectivity index (χ2n) is 7.87. The van der Waals surface area contributed by atoms with Crippen molar-refractivity contribution >= 4 is 11.7 Å². The van der Waals surface area contributed by atoms with E-state index in [9.17, 15) is 4.79 Å². The SMILES string of the molecule is Cc1cccc(CNc2cc(C(=O)NC(C)(C)C)nc(-c3ccccc3)n2)c1. The van der Waals surface area contributed by atoms with Crippen molar-refractivity contribution in [2.45, 2.75) is 39.8 Å². The minimum Gasteiger partial charge on any atom is -0.366 e. The van der Waals surface area contributed by atoms with Crippen molar-refractivity contribution < 1.29 is 4.79 Å². The smallest absolute Gasteiger partial charge is 0.270 e. The van der Waals surface area contributed by atoms with Gasteiger partial charge in [-0.3, -0.25) is 4.79 Å². The van der Waals surface area contributed by atoms with Gasteiger partial charge in [0.1, 0.15) is 11.5 Å². The fourth-order valence-electron chi connectivity index (χ4n) is 2.79. The lowest BCUT2D eigenvalue weighted by Gasteiger charge is -2.20. The van der Waals surface area contributed by atoms with Crippen molar-refractivity contribution in [2.24, 2.45) is 0 Å². The summed E-state index contributed by atoms with van der Waals surface area (Å²) in [5.41, 5.74) is 3.23. The maximum atomic E-state index is 12.7. The molecule has 0 aliphatic rings. The Bertz CT molecular complexity index is 962. The van der Waals surface area contributed by atoms with Crippen LogP contribution in [0.1, 0.15) is 42.4 Å². The molecule has 0 saturated heterocycles. The van der Waals surface area contributed by atoms with Crippen LogP contribution in [0, 0.1) is 6.92 Å². The molecule has 0 aliphatic heterocycles. The summed E-state index contributed by atoms with van der Waals surface area (Å²) >= 11 is 0. The van der Waals surface area contributed by atoms with Crippen molar-refractivity contribution in [3.63, 3.8) is 0 Å². The Morgan fingerprint density at radius 2 is 1.71 bits per heavy atom. The molecule has 0 bridgehead atoms. The molecule has 5 heteroatoms. The van der Waals surface area contributed by atoms with Crippen LogP contribution in [0.5, 0.6) is 0 Å². The van der Waals surface area contributed by atoms with E-state index in [0.29, 0.717) is 23.9 Å². The van der Waals surface area contributed by atoms with Crippen LogP contribution in [0.3, 0.4) is 0 Å². The summed E-state index contributed by atoms with van der Waals surface area (Å²) in [5.74, 6) is 0.925. The van der Waals surface area contributed by atoms with E-state index in [1.807, 2.05) is 57.2 Å². The van der Waals surface area contributed by atoms with Gasteiger partial charge in [0, 0.05) is 23.7 Å². The molecule has 0 aliphatic carbocycles. The van der Waals surface area contributed by atoms with E-state index in [0.717, 1.165) is 11.1 Å². The van der Waals surface area contributed by atoms with Gasteiger partial charge in [-0.15, -0.1) is 0 Å². The van der Waals surface area contributed by atoms with Gasteiger partial charge >= 0.3 is 0 Å². The van der Waals surface area contributed by atoms with E-state index in [1.54, 1.807) is 6.07 Å². The fourth-order valence-corrected chi connectivity index (χ4v) is 2.79. The maximum Gasteiger partial charge on any atom is 0.270 e. The number of carbonyl (C=O) groups is 1. The maximum absolute atomic E-state index is 12.7. The number of hydrogen-bond donors (Lipinski definition) is 2. The molecular weight excluding hydrogens is 348 g/mol. The highest BCUT2D eigenvalue weighted by molar-refractivity contribution is 5.93. The Morgan fingerprint density at radius 1 is 0.964 bits per heavy atom.